The van der Waals surface area contributed by atoms with Crippen molar-refractivity contribution in [1.82, 2.24) is 5.43 Å². The van der Waals surface area contributed by atoms with Crippen LogP contribution in [0, 0.1) is 10.1 Å². The van der Waals surface area contributed by atoms with Gasteiger partial charge in [-0.05, 0) is 35.4 Å². The maximum Gasteiger partial charge on any atom is 0.269 e. The number of hydrazone groups is 1. The number of nitro benzene ring substituents is 1. The first-order valence-electron chi connectivity index (χ1n) is 6.78. The highest BCUT2D eigenvalue weighted by atomic mass is 16.6. The van der Waals surface area contributed by atoms with Crippen molar-refractivity contribution in [3.05, 3.63) is 69.8 Å². The van der Waals surface area contributed by atoms with Gasteiger partial charge in [0.2, 0.25) is 5.91 Å². The maximum atomic E-state index is 11.7. The quantitative estimate of drug-likeness (QED) is 0.503. The highest BCUT2D eigenvalue weighted by Gasteiger charge is 2.06. The molecule has 0 saturated carbocycles. The lowest BCUT2D eigenvalue weighted by molar-refractivity contribution is -0.384. The Balaban J connectivity index is 1.86. The van der Waals surface area contributed by atoms with E-state index in [1.165, 1.54) is 18.3 Å². The van der Waals surface area contributed by atoms with Gasteiger partial charge in [-0.25, -0.2) is 5.43 Å². The lowest BCUT2D eigenvalue weighted by Crippen LogP contribution is -2.19. The van der Waals surface area contributed by atoms with Gasteiger partial charge in [-0.3, -0.25) is 14.9 Å². The summed E-state index contributed by atoms with van der Waals surface area (Å²) in [7, 11) is 1.58. The van der Waals surface area contributed by atoms with Gasteiger partial charge in [0.05, 0.1) is 24.7 Å². The Kier molecular flexibility index (Phi) is 5.40. The summed E-state index contributed by atoms with van der Waals surface area (Å²) < 4.78 is 5.05. The summed E-state index contributed by atoms with van der Waals surface area (Å²) in [6.45, 7) is 0. The van der Waals surface area contributed by atoms with E-state index in [4.69, 9.17) is 4.74 Å². The molecular weight excluding hydrogens is 298 g/mol. The second-order valence-electron chi connectivity index (χ2n) is 4.67. The fourth-order valence-corrected chi connectivity index (χ4v) is 1.83. The van der Waals surface area contributed by atoms with Gasteiger partial charge in [-0.1, -0.05) is 12.1 Å². The lowest BCUT2D eigenvalue weighted by Gasteiger charge is -2.01. The molecule has 0 radical (unpaired) electrons. The largest absolute Gasteiger partial charge is 0.497 e. The van der Waals surface area contributed by atoms with Crippen molar-refractivity contribution in [1.29, 1.82) is 0 Å². The number of carbonyl (C=O) groups excluding carboxylic acids is 1. The minimum absolute atomic E-state index is 0.00770. The van der Waals surface area contributed by atoms with Crippen LogP contribution in [0.2, 0.25) is 0 Å². The number of nitro groups is 1. The Labute approximate surface area is 132 Å². The van der Waals surface area contributed by atoms with Crippen LogP contribution in [-0.2, 0) is 11.2 Å². The van der Waals surface area contributed by atoms with Crippen molar-refractivity contribution >= 4 is 17.8 Å². The third-order valence-corrected chi connectivity index (χ3v) is 3.03. The third-order valence-electron chi connectivity index (χ3n) is 3.03. The predicted molar refractivity (Wildman–Crippen MR) is 85.5 cm³/mol. The molecule has 1 N–H and O–H groups in total. The van der Waals surface area contributed by atoms with Crippen molar-refractivity contribution in [3.8, 4) is 5.75 Å². The molecule has 7 heteroatoms. The van der Waals surface area contributed by atoms with E-state index in [0.29, 0.717) is 5.56 Å². The summed E-state index contributed by atoms with van der Waals surface area (Å²) in [6, 6.07) is 13.0. The second-order valence-corrected chi connectivity index (χ2v) is 4.67. The van der Waals surface area contributed by atoms with Crippen LogP contribution in [0.5, 0.6) is 5.75 Å². The average Bonchev–Trinajstić information content (AvgIpc) is 2.56. The number of ether oxygens (including phenoxy) is 1. The van der Waals surface area contributed by atoms with Crippen molar-refractivity contribution in [2.45, 2.75) is 6.42 Å². The molecule has 0 saturated heterocycles. The lowest BCUT2D eigenvalue weighted by atomic mass is 10.1. The highest BCUT2D eigenvalue weighted by Crippen LogP contribution is 2.12. The Morgan fingerprint density at radius 3 is 2.43 bits per heavy atom. The molecule has 23 heavy (non-hydrogen) atoms. The van der Waals surface area contributed by atoms with E-state index in [9.17, 15) is 14.9 Å². The van der Waals surface area contributed by atoms with Gasteiger partial charge in [-0.15, -0.1) is 0 Å². The van der Waals surface area contributed by atoms with Crippen molar-refractivity contribution in [3.63, 3.8) is 0 Å². The molecule has 0 aliphatic heterocycles. The highest BCUT2D eigenvalue weighted by molar-refractivity contribution is 5.83. The first-order valence-corrected chi connectivity index (χ1v) is 6.78. The topological polar surface area (TPSA) is 93.8 Å². The van der Waals surface area contributed by atoms with E-state index < -0.39 is 4.92 Å². The minimum atomic E-state index is -0.483. The van der Waals surface area contributed by atoms with Gasteiger partial charge in [0.25, 0.3) is 5.69 Å². The van der Waals surface area contributed by atoms with Gasteiger partial charge in [0, 0.05) is 12.1 Å². The van der Waals surface area contributed by atoms with Gasteiger partial charge in [-0.2, -0.15) is 5.10 Å². The van der Waals surface area contributed by atoms with Gasteiger partial charge in [0.1, 0.15) is 5.75 Å². The molecule has 0 spiro atoms. The number of hydrogen-bond acceptors (Lipinski definition) is 5. The molecule has 0 aliphatic rings. The maximum absolute atomic E-state index is 11.7. The number of rotatable bonds is 6. The van der Waals surface area contributed by atoms with Crippen molar-refractivity contribution in [2.24, 2.45) is 5.10 Å². The summed E-state index contributed by atoms with van der Waals surface area (Å²) in [6.07, 6.45) is 1.62. The summed E-state index contributed by atoms with van der Waals surface area (Å²) in [5.74, 6) is 0.438. The summed E-state index contributed by atoms with van der Waals surface area (Å²) in [4.78, 5) is 21.8. The van der Waals surface area contributed by atoms with Crippen molar-refractivity contribution in [2.75, 3.05) is 7.11 Å². The molecule has 0 heterocycles. The van der Waals surface area contributed by atoms with E-state index in [-0.39, 0.29) is 18.0 Å². The Bertz CT molecular complexity index is 709. The number of nitrogens with one attached hydrogen (secondary N) is 1. The summed E-state index contributed by atoms with van der Waals surface area (Å²) in [5.41, 5.74) is 3.90. The molecule has 0 unspecified atom stereocenters. The van der Waals surface area contributed by atoms with E-state index in [2.05, 4.69) is 10.5 Å². The minimum Gasteiger partial charge on any atom is -0.497 e. The zero-order valence-electron chi connectivity index (χ0n) is 12.4. The molecule has 0 fully saturated rings. The van der Waals surface area contributed by atoms with E-state index >= 15 is 0 Å². The fourth-order valence-electron chi connectivity index (χ4n) is 1.83. The average molecular weight is 313 g/mol. The Morgan fingerprint density at radius 1 is 1.22 bits per heavy atom. The van der Waals surface area contributed by atoms with Crippen LogP contribution in [0.1, 0.15) is 11.1 Å². The third kappa shape index (κ3) is 4.92. The molecule has 2 rings (SSSR count). The van der Waals surface area contributed by atoms with Crippen LogP contribution in [0.15, 0.2) is 53.6 Å². The molecule has 0 atom stereocenters. The van der Waals surface area contributed by atoms with Crippen molar-refractivity contribution < 1.29 is 14.5 Å². The molecule has 118 valence electrons. The standard InChI is InChI=1S/C16H15N3O4/c1-23-15-8-4-13(5-9-15)11-17-18-16(20)10-12-2-6-14(7-3-12)19(21)22/h2-9,11H,10H2,1H3,(H,18,20). The number of amides is 1. The van der Waals surface area contributed by atoms with Crippen LogP contribution < -0.4 is 10.2 Å². The van der Waals surface area contributed by atoms with Gasteiger partial charge >= 0.3 is 0 Å². The number of methoxy groups -OCH3 is 1. The molecule has 0 aliphatic carbocycles. The Morgan fingerprint density at radius 2 is 1.87 bits per heavy atom. The first kappa shape index (κ1) is 16.2. The monoisotopic (exact) mass is 313 g/mol. The number of hydrogen-bond donors (Lipinski definition) is 1. The normalized spacial score (nSPS) is 10.5. The molecule has 0 bridgehead atoms. The van der Waals surface area contributed by atoms with Gasteiger partial charge in [0.15, 0.2) is 0 Å². The fraction of sp³-hybridized carbons (Fsp3) is 0.125. The smallest absolute Gasteiger partial charge is 0.269 e. The summed E-state index contributed by atoms with van der Waals surface area (Å²) in [5, 5.41) is 14.4. The molecule has 7 nitrogen and oxygen atoms in total. The second kappa shape index (κ2) is 7.69. The van der Waals surface area contributed by atoms with Crippen LogP contribution in [0.3, 0.4) is 0 Å². The summed E-state index contributed by atoms with van der Waals surface area (Å²) >= 11 is 0. The van der Waals surface area contributed by atoms with E-state index in [1.807, 2.05) is 12.1 Å². The van der Waals surface area contributed by atoms with Crippen LogP contribution in [-0.4, -0.2) is 24.2 Å². The van der Waals surface area contributed by atoms with Crippen LogP contribution >= 0.6 is 0 Å². The molecule has 1 amide bonds. The molecule has 2 aromatic rings. The van der Waals surface area contributed by atoms with Crippen LogP contribution in [0.4, 0.5) is 5.69 Å². The number of carbonyl (C=O) groups is 1. The SMILES string of the molecule is COc1ccc(C=NNC(=O)Cc2ccc([N+](=O)[O-])cc2)cc1. The molecule has 0 aromatic heterocycles. The zero-order chi connectivity index (χ0) is 16.7. The Hall–Kier alpha value is -3.22. The first-order chi connectivity index (χ1) is 11.1. The molecular formula is C16H15N3O4. The zero-order valence-corrected chi connectivity index (χ0v) is 12.4. The van der Waals surface area contributed by atoms with E-state index in [0.717, 1.165) is 11.3 Å². The predicted octanol–water partition coefficient (Wildman–Crippen LogP) is 2.30. The van der Waals surface area contributed by atoms with E-state index in [1.54, 1.807) is 31.4 Å². The number of nitrogens with zero attached hydrogens (tertiary/aromatic N) is 2. The number of benzene rings is 2. The molecule has 2 aromatic carbocycles. The van der Waals surface area contributed by atoms with Crippen LogP contribution in [0.25, 0.3) is 0 Å². The van der Waals surface area contributed by atoms with Gasteiger partial charge < -0.3 is 4.74 Å². The number of non-ortho nitro benzene ring substituents is 1.